The monoisotopic (exact) mass is 471 g/mol. The van der Waals surface area contributed by atoms with Gasteiger partial charge in [-0.1, -0.05) is 29.8 Å². The van der Waals surface area contributed by atoms with Gasteiger partial charge in [0.15, 0.2) is 10.6 Å². The number of nitrogens with zero attached hydrogens (tertiary/aromatic N) is 6. The number of aromatic amines is 1. The van der Waals surface area contributed by atoms with Crippen molar-refractivity contribution in [3.05, 3.63) is 74.2 Å². The Hall–Kier alpha value is -2.52. The summed E-state index contributed by atoms with van der Waals surface area (Å²) in [7, 11) is 0. The van der Waals surface area contributed by atoms with Crippen LogP contribution in [-0.2, 0) is 6.54 Å². The van der Waals surface area contributed by atoms with Crippen LogP contribution in [0.2, 0.25) is 0 Å². The summed E-state index contributed by atoms with van der Waals surface area (Å²) in [5.41, 5.74) is 5.36. The van der Waals surface area contributed by atoms with Crippen LogP contribution in [0, 0.1) is 25.5 Å². The Bertz CT molecular complexity index is 1210. The smallest absolute Gasteiger partial charge is 0.200 e. The molecule has 0 saturated carbocycles. The number of rotatable bonds is 5. The molecular formula is C20H22BrN7S. The van der Waals surface area contributed by atoms with E-state index in [1.807, 2.05) is 34.0 Å². The number of benzene rings is 1. The SMILES string of the molecule is Cc1ccc(Cn2nc(C)c(-n3c([C@H](C)n4cc(Br)cn4)n[nH]c3=S)c2C)cc1. The number of aryl methyl sites for hydroxylation is 2. The topological polar surface area (TPSA) is 69.2 Å². The molecule has 0 saturated heterocycles. The third-order valence-electron chi connectivity index (χ3n) is 5.06. The molecule has 0 fully saturated rings. The third-order valence-corrected chi connectivity index (χ3v) is 5.74. The zero-order chi connectivity index (χ0) is 20.7. The fourth-order valence-electron chi connectivity index (χ4n) is 3.48. The van der Waals surface area contributed by atoms with Crippen LogP contribution in [0.1, 0.15) is 41.3 Å². The van der Waals surface area contributed by atoms with Crippen molar-refractivity contribution in [2.75, 3.05) is 0 Å². The quantitative estimate of drug-likeness (QED) is 0.429. The molecule has 4 aromatic rings. The molecule has 0 aliphatic rings. The van der Waals surface area contributed by atoms with Crippen LogP contribution >= 0.6 is 28.1 Å². The molecule has 1 atom stereocenters. The maximum absolute atomic E-state index is 5.57. The van der Waals surface area contributed by atoms with Crippen molar-refractivity contribution in [2.24, 2.45) is 0 Å². The van der Waals surface area contributed by atoms with Crippen LogP contribution in [0.4, 0.5) is 0 Å². The zero-order valence-electron chi connectivity index (χ0n) is 16.7. The second kappa shape index (κ2) is 7.72. The van der Waals surface area contributed by atoms with E-state index in [-0.39, 0.29) is 6.04 Å². The molecule has 1 aromatic carbocycles. The Kier molecular flexibility index (Phi) is 5.26. The molecule has 4 rings (SSSR count). The first-order chi connectivity index (χ1) is 13.8. The van der Waals surface area contributed by atoms with E-state index < -0.39 is 0 Å². The van der Waals surface area contributed by atoms with Crippen molar-refractivity contribution in [1.29, 1.82) is 0 Å². The van der Waals surface area contributed by atoms with E-state index in [2.05, 4.69) is 69.3 Å². The number of halogens is 1. The van der Waals surface area contributed by atoms with Gasteiger partial charge in [-0.25, -0.2) is 0 Å². The molecule has 0 aliphatic carbocycles. The summed E-state index contributed by atoms with van der Waals surface area (Å²) < 4.78 is 7.30. The van der Waals surface area contributed by atoms with Crippen LogP contribution in [-0.4, -0.2) is 34.3 Å². The highest BCUT2D eigenvalue weighted by molar-refractivity contribution is 9.10. The first-order valence-electron chi connectivity index (χ1n) is 9.32. The van der Waals surface area contributed by atoms with Gasteiger partial charge in [0.1, 0.15) is 6.04 Å². The molecule has 3 heterocycles. The van der Waals surface area contributed by atoms with Gasteiger partial charge < -0.3 is 0 Å². The second-order valence-corrected chi connectivity index (χ2v) is 8.50. The lowest BCUT2D eigenvalue weighted by Gasteiger charge is -2.14. The summed E-state index contributed by atoms with van der Waals surface area (Å²) in [6, 6.07) is 8.41. The summed E-state index contributed by atoms with van der Waals surface area (Å²) in [5.74, 6) is 0.784. The number of H-pyrrole nitrogens is 1. The lowest BCUT2D eigenvalue weighted by molar-refractivity contribution is 0.527. The van der Waals surface area contributed by atoms with Gasteiger partial charge in [-0.2, -0.15) is 15.3 Å². The van der Waals surface area contributed by atoms with Crippen molar-refractivity contribution in [1.82, 2.24) is 34.3 Å². The van der Waals surface area contributed by atoms with Gasteiger partial charge in [-0.05, 0) is 61.4 Å². The minimum atomic E-state index is -0.103. The highest BCUT2D eigenvalue weighted by atomic mass is 79.9. The van der Waals surface area contributed by atoms with Gasteiger partial charge in [0.25, 0.3) is 0 Å². The largest absolute Gasteiger partial charge is 0.267 e. The molecule has 0 spiro atoms. The van der Waals surface area contributed by atoms with E-state index in [4.69, 9.17) is 17.3 Å². The third kappa shape index (κ3) is 3.72. The number of hydrogen-bond donors (Lipinski definition) is 1. The Morgan fingerprint density at radius 3 is 2.55 bits per heavy atom. The molecule has 0 radical (unpaired) electrons. The van der Waals surface area contributed by atoms with Crippen LogP contribution in [0.3, 0.4) is 0 Å². The normalized spacial score (nSPS) is 12.4. The van der Waals surface area contributed by atoms with Gasteiger partial charge in [-0.3, -0.25) is 19.0 Å². The summed E-state index contributed by atoms with van der Waals surface area (Å²) in [5, 5.41) is 16.6. The molecule has 9 heteroatoms. The molecule has 150 valence electrons. The van der Waals surface area contributed by atoms with E-state index in [0.29, 0.717) is 11.3 Å². The first kappa shape index (κ1) is 19.8. The first-order valence-corrected chi connectivity index (χ1v) is 10.5. The highest BCUT2D eigenvalue weighted by Crippen LogP contribution is 2.26. The van der Waals surface area contributed by atoms with E-state index >= 15 is 0 Å². The Balaban J connectivity index is 1.76. The van der Waals surface area contributed by atoms with E-state index in [1.165, 1.54) is 11.1 Å². The average Bonchev–Trinajstić information content (AvgIpc) is 3.35. The van der Waals surface area contributed by atoms with Crippen LogP contribution < -0.4 is 0 Å². The molecule has 0 aliphatic heterocycles. The van der Waals surface area contributed by atoms with Crippen molar-refractivity contribution >= 4 is 28.1 Å². The van der Waals surface area contributed by atoms with E-state index in [9.17, 15) is 0 Å². The van der Waals surface area contributed by atoms with E-state index in [0.717, 1.165) is 27.4 Å². The maximum Gasteiger partial charge on any atom is 0.200 e. The summed E-state index contributed by atoms with van der Waals surface area (Å²) in [4.78, 5) is 0. The van der Waals surface area contributed by atoms with Crippen LogP contribution in [0.5, 0.6) is 0 Å². The van der Waals surface area contributed by atoms with Gasteiger partial charge in [-0.15, -0.1) is 0 Å². The minimum absolute atomic E-state index is 0.103. The van der Waals surface area contributed by atoms with Crippen molar-refractivity contribution < 1.29 is 0 Å². The molecule has 1 N–H and O–H groups in total. The zero-order valence-corrected chi connectivity index (χ0v) is 19.1. The fourth-order valence-corrected chi connectivity index (χ4v) is 4.01. The summed E-state index contributed by atoms with van der Waals surface area (Å²) in [6.45, 7) is 8.91. The lowest BCUT2D eigenvalue weighted by Crippen LogP contribution is -2.14. The van der Waals surface area contributed by atoms with Gasteiger partial charge in [0.05, 0.1) is 34.3 Å². The van der Waals surface area contributed by atoms with Crippen LogP contribution in [0.15, 0.2) is 41.1 Å². The maximum atomic E-state index is 5.57. The predicted molar refractivity (Wildman–Crippen MR) is 118 cm³/mol. The molecular weight excluding hydrogens is 450 g/mol. The number of aromatic nitrogens is 7. The fraction of sp³-hybridized carbons (Fsp3) is 0.300. The molecule has 29 heavy (non-hydrogen) atoms. The minimum Gasteiger partial charge on any atom is -0.267 e. The predicted octanol–water partition coefficient (Wildman–Crippen LogP) is 4.67. The van der Waals surface area contributed by atoms with Crippen molar-refractivity contribution in [2.45, 2.75) is 40.3 Å². The van der Waals surface area contributed by atoms with Gasteiger partial charge in [0, 0.05) is 6.20 Å². The number of hydrogen-bond acceptors (Lipinski definition) is 4. The van der Waals surface area contributed by atoms with Gasteiger partial charge in [0.2, 0.25) is 0 Å². The highest BCUT2D eigenvalue weighted by Gasteiger charge is 2.23. The lowest BCUT2D eigenvalue weighted by atomic mass is 10.1. The van der Waals surface area contributed by atoms with Crippen molar-refractivity contribution in [3.8, 4) is 5.69 Å². The number of nitrogens with one attached hydrogen (secondary N) is 1. The Labute approximate surface area is 182 Å². The van der Waals surface area contributed by atoms with E-state index in [1.54, 1.807) is 6.20 Å². The molecule has 0 unspecified atom stereocenters. The summed E-state index contributed by atoms with van der Waals surface area (Å²) >= 11 is 9.02. The van der Waals surface area contributed by atoms with Crippen molar-refractivity contribution in [3.63, 3.8) is 0 Å². The molecule has 3 aromatic heterocycles. The van der Waals surface area contributed by atoms with Crippen LogP contribution in [0.25, 0.3) is 5.69 Å². The molecule has 0 bridgehead atoms. The Morgan fingerprint density at radius 1 is 1.17 bits per heavy atom. The summed E-state index contributed by atoms with van der Waals surface area (Å²) in [6.07, 6.45) is 3.69. The standard InChI is InChI=1S/C20H22BrN7S/c1-12-5-7-16(8-6-12)10-27-14(3)18(13(2)25-27)28-19(23-24-20(28)29)15(4)26-11-17(21)9-22-26/h5-9,11,15H,10H2,1-4H3,(H,24,29)/t15-/m0/s1. The Morgan fingerprint density at radius 2 is 1.90 bits per heavy atom. The molecule has 0 amide bonds. The average molecular weight is 472 g/mol. The van der Waals surface area contributed by atoms with Gasteiger partial charge >= 0.3 is 0 Å². The molecule has 7 nitrogen and oxygen atoms in total. The second-order valence-electron chi connectivity index (χ2n) is 7.20.